The van der Waals surface area contributed by atoms with Gasteiger partial charge in [-0.05, 0) is 74.3 Å². The van der Waals surface area contributed by atoms with E-state index in [9.17, 15) is 4.79 Å². The second-order valence-corrected chi connectivity index (χ2v) is 10.6. The summed E-state index contributed by atoms with van der Waals surface area (Å²) in [5, 5.41) is 1.29. The molecule has 0 saturated heterocycles. The number of benzene rings is 2. The Balaban J connectivity index is 1.73. The number of rotatable bonds is 6. The van der Waals surface area contributed by atoms with E-state index < -0.39 is 0 Å². The van der Waals surface area contributed by atoms with Crippen molar-refractivity contribution in [1.82, 2.24) is 14.4 Å². The number of aromatic nitrogens is 1. The molecule has 2 aromatic carbocycles. The molecule has 0 bridgehead atoms. The Kier molecular flexibility index (Phi) is 7.35. The number of fused-ring (bicyclic) bond motifs is 5. The molecule has 6 heteroatoms. The number of methoxy groups -OCH3 is 2. The predicted molar refractivity (Wildman–Crippen MR) is 145 cm³/mol. The maximum Gasteiger partial charge on any atom is 0.337 e. The first-order valence-electron chi connectivity index (χ1n) is 13.3. The van der Waals surface area contributed by atoms with Crippen LogP contribution in [0.15, 0.2) is 36.4 Å². The molecule has 0 radical (unpaired) electrons. The molecule has 6 nitrogen and oxygen atoms in total. The third-order valence-electron chi connectivity index (χ3n) is 8.00. The Morgan fingerprint density at radius 1 is 1.03 bits per heavy atom. The van der Waals surface area contributed by atoms with Gasteiger partial charge in [0.25, 0.3) is 0 Å². The van der Waals surface area contributed by atoms with Gasteiger partial charge in [0.15, 0.2) is 0 Å². The zero-order chi connectivity index (χ0) is 25.2. The predicted octanol–water partition coefficient (Wildman–Crippen LogP) is 5.53. The molecule has 1 aromatic heterocycles. The van der Waals surface area contributed by atoms with Crippen molar-refractivity contribution < 1.29 is 14.3 Å². The van der Waals surface area contributed by atoms with Crippen LogP contribution in [0.3, 0.4) is 0 Å². The molecule has 2 aliphatic rings. The molecule has 3 aromatic rings. The second-order valence-electron chi connectivity index (χ2n) is 10.6. The molecule has 192 valence electrons. The molecule has 5 rings (SSSR count). The Labute approximate surface area is 214 Å². The van der Waals surface area contributed by atoms with E-state index in [4.69, 9.17) is 9.47 Å². The smallest absolute Gasteiger partial charge is 0.337 e. The maximum atomic E-state index is 12.5. The van der Waals surface area contributed by atoms with Gasteiger partial charge in [0.2, 0.25) is 0 Å². The first-order valence-corrected chi connectivity index (χ1v) is 13.3. The van der Waals surface area contributed by atoms with Gasteiger partial charge in [-0.2, -0.15) is 0 Å². The highest BCUT2D eigenvalue weighted by atomic mass is 16.5. The van der Waals surface area contributed by atoms with E-state index in [1.807, 2.05) is 12.1 Å². The summed E-state index contributed by atoms with van der Waals surface area (Å²) in [5.74, 6) is 1.16. The number of nitrogens with zero attached hydrogens (tertiary/aromatic N) is 3. The average molecular weight is 490 g/mol. The molecule has 1 aliphatic heterocycles. The van der Waals surface area contributed by atoms with E-state index in [1.54, 1.807) is 7.11 Å². The molecule has 0 atom stereocenters. The standard InChI is InChI=1S/C30H39N3O3/c1-31(2)14-15-32-16-17-33-27-19-22(30(34)36-4)10-12-26(27)28(21-8-6-5-7-9-21)29(33)25-13-11-24(35-3)18-23(25)20-32/h10-13,18-19,21H,5-9,14-17,20H2,1-4H3. The fraction of sp³-hybridized carbons (Fsp3) is 0.500. The van der Waals surface area contributed by atoms with Crippen LogP contribution in [-0.4, -0.2) is 68.3 Å². The van der Waals surface area contributed by atoms with E-state index in [1.165, 1.54) is 67.0 Å². The zero-order valence-electron chi connectivity index (χ0n) is 22.2. The van der Waals surface area contributed by atoms with Gasteiger partial charge in [-0.15, -0.1) is 0 Å². The molecule has 0 spiro atoms. The van der Waals surface area contributed by atoms with Crippen molar-refractivity contribution in [1.29, 1.82) is 0 Å². The van der Waals surface area contributed by atoms with Crippen molar-refractivity contribution in [2.75, 3.05) is 47.9 Å². The van der Waals surface area contributed by atoms with Crippen LogP contribution in [0.4, 0.5) is 0 Å². The molecule has 2 heterocycles. The molecule has 1 fully saturated rings. The Morgan fingerprint density at radius 3 is 2.56 bits per heavy atom. The summed E-state index contributed by atoms with van der Waals surface area (Å²) in [6, 6.07) is 12.7. The monoisotopic (exact) mass is 489 g/mol. The van der Waals surface area contributed by atoms with Gasteiger partial charge in [0, 0.05) is 49.2 Å². The van der Waals surface area contributed by atoms with Gasteiger partial charge in [-0.1, -0.05) is 25.3 Å². The van der Waals surface area contributed by atoms with E-state index >= 15 is 0 Å². The van der Waals surface area contributed by atoms with E-state index in [0.717, 1.165) is 44.0 Å². The van der Waals surface area contributed by atoms with Crippen molar-refractivity contribution in [2.24, 2.45) is 0 Å². The van der Waals surface area contributed by atoms with Crippen LogP contribution in [-0.2, 0) is 17.8 Å². The van der Waals surface area contributed by atoms with E-state index in [-0.39, 0.29) is 5.97 Å². The lowest BCUT2D eigenvalue weighted by Gasteiger charge is -2.30. The van der Waals surface area contributed by atoms with Gasteiger partial charge in [-0.25, -0.2) is 4.79 Å². The Bertz CT molecular complexity index is 1240. The summed E-state index contributed by atoms with van der Waals surface area (Å²) >= 11 is 0. The van der Waals surface area contributed by atoms with Gasteiger partial charge < -0.3 is 18.9 Å². The van der Waals surface area contributed by atoms with Gasteiger partial charge in [-0.3, -0.25) is 4.90 Å². The molecular weight excluding hydrogens is 450 g/mol. The second kappa shape index (κ2) is 10.7. The summed E-state index contributed by atoms with van der Waals surface area (Å²) in [6.07, 6.45) is 6.35. The van der Waals surface area contributed by atoms with Crippen molar-refractivity contribution in [3.8, 4) is 17.0 Å². The van der Waals surface area contributed by atoms with Crippen LogP contribution in [0.2, 0.25) is 0 Å². The van der Waals surface area contributed by atoms with Crippen molar-refractivity contribution >= 4 is 16.9 Å². The fourth-order valence-electron chi connectivity index (χ4n) is 6.10. The zero-order valence-corrected chi connectivity index (χ0v) is 22.2. The van der Waals surface area contributed by atoms with Crippen LogP contribution >= 0.6 is 0 Å². The number of carbonyl (C=O) groups is 1. The van der Waals surface area contributed by atoms with Crippen LogP contribution in [0.1, 0.15) is 59.5 Å². The lowest BCUT2D eigenvalue weighted by Crippen LogP contribution is -2.35. The molecule has 0 amide bonds. The summed E-state index contributed by atoms with van der Waals surface area (Å²) in [5.41, 5.74) is 7.16. The highest BCUT2D eigenvalue weighted by Gasteiger charge is 2.29. The third kappa shape index (κ3) is 4.76. The van der Waals surface area contributed by atoms with E-state index in [0.29, 0.717) is 11.5 Å². The number of likely N-dealkylation sites (N-methyl/N-ethyl adjacent to an activating group) is 1. The van der Waals surface area contributed by atoms with Gasteiger partial charge in [0.1, 0.15) is 5.75 Å². The lowest BCUT2D eigenvalue weighted by molar-refractivity contribution is 0.0601. The SMILES string of the molecule is COC(=O)c1ccc2c(C3CCCCC3)c3n(c2c1)CCN(CCN(C)C)Cc1cc(OC)ccc1-3. The number of ether oxygens (including phenoxy) is 2. The first kappa shape index (κ1) is 24.8. The average Bonchev–Trinajstić information content (AvgIpc) is 3.21. The van der Waals surface area contributed by atoms with Crippen molar-refractivity contribution in [3.05, 3.63) is 53.1 Å². The minimum Gasteiger partial charge on any atom is -0.497 e. The van der Waals surface area contributed by atoms with Crippen LogP contribution in [0.5, 0.6) is 5.75 Å². The molecule has 0 unspecified atom stereocenters. The fourth-order valence-corrected chi connectivity index (χ4v) is 6.10. The Hall–Kier alpha value is -2.83. The topological polar surface area (TPSA) is 46.9 Å². The number of esters is 1. The largest absolute Gasteiger partial charge is 0.497 e. The van der Waals surface area contributed by atoms with Crippen molar-refractivity contribution in [3.63, 3.8) is 0 Å². The summed E-state index contributed by atoms with van der Waals surface area (Å²) in [4.78, 5) is 17.2. The van der Waals surface area contributed by atoms with Crippen molar-refractivity contribution in [2.45, 2.75) is 51.1 Å². The minimum atomic E-state index is -0.282. The lowest BCUT2D eigenvalue weighted by atomic mass is 9.81. The molecule has 0 N–H and O–H groups in total. The number of hydrogen-bond acceptors (Lipinski definition) is 5. The third-order valence-corrected chi connectivity index (χ3v) is 8.00. The number of hydrogen-bond donors (Lipinski definition) is 0. The van der Waals surface area contributed by atoms with Gasteiger partial charge >= 0.3 is 5.97 Å². The highest BCUT2D eigenvalue weighted by Crippen LogP contribution is 2.46. The highest BCUT2D eigenvalue weighted by molar-refractivity contribution is 5.99. The van der Waals surface area contributed by atoms with E-state index in [2.05, 4.69) is 52.7 Å². The summed E-state index contributed by atoms with van der Waals surface area (Å²) in [6.45, 7) is 4.76. The quantitative estimate of drug-likeness (QED) is 0.426. The molecule has 36 heavy (non-hydrogen) atoms. The van der Waals surface area contributed by atoms with Crippen LogP contribution in [0.25, 0.3) is 22.2 Å². The molecule has 1 aliphatic carbocycles. The number of carbonyl (C=O) groups excluding carboxylic acids is 1. The van der Waals surface area contributed by atoms with Crippen LogP contribution < -0.4 is 4.74 Å². The summed E-state index contributed by atoms with van der Waals surface area (Å²) in [7, 11) is 7.45. The maximum absolute atomic E-state index is 12.5. The first-order chi connectivity index (χ1) is 17.5. The molecular formula is C30H39N3O3. The van der Waals surface area contributed by atoms with Crippen LogP contribution in [0, 0.1) is 0 Å². The molecule has 1 saturated carbocycles. The summed E-state index contributed by atoms with van der Waals surface area (Å²) < 4.78 is 13.2. The normalized spacial score (nSPS) is 16.9. The minimum absolute atomic E-state index is 0.282. The van der Waals surface area contributed by atoms with Gasteiger partial charge in [0.05, 0.1) is 25.5 Å². The Morgan fingerprint density at radius 2 is 1.83 bits per heavy atom.